The lowest BCUT2D eigenvalue weighted by molar-refractivity contribution is -0.119. The Bertz CT molecular complexity index is 872. The number of aryl methyl sites for hydroxylation is 1. The van der Waals surface area contributed by atoms with Crippen molar-refractivity contribution in [2.45, 2.75) is 63.5 Å². The number of aromatic nitrogens is 2. The number of benzene rings is 1. The van der Waals surface area contributed by atoms with Gasteiger partial charge in [0.15, 0.2) is 0 Å². The van der Waals surface area contributed by atoms with Crippen LogP contribution in [0.15, 0.2) is 30.3 Å². The second-order valence-corrected chi connectivity index (χ2v) is 8.84. The first-order chi connectivity index (χ1) is 14.4. The van der Waals surface area contributed by atoms with Crippen molar-refractivity contribution in [3.05, 3.63) is 46.5 Å². The van der Waals surface area contributed by atoms with E-state index in [1.807, 2.05) is 25.1 Å². The molecule has 1 aliphatic rings. The smallest absolute Gasteiger partial charge is 0.267 e. The number of aliphatic hydroxyl groups is 1. The van der Waals surface area contributed by atoms with Crippen molar-refractivity contribution >= 4 is 23.3 Å². The van der Waals surface area contributed by atoms with E-state index in [0.29, 0.717) is 36.4 Å². The van der Waals surface area contributed by atoms with Crippen LogP contribution in [-0.4, -0.2) is 57.1 Å². The summed E-state index contributed by atoms with van der Waals surface area (Å²) in [6.45, 7) is 3.99. The maximum Gasteiger partial charge on any atom is 0.267 e. The fourth-order valence-electron chi connectivity index (χ4n) is 4.38. The van der Waals surface area contributed by atoms with Gasteiger partial charge in [-0.15, -0.1) is 5.10 Å². The van der Waals surface area contributed by atoms with Crippen molar-refractivity contribution < 1.29 is 14.7 Å². The van der Waals surface area contributed by atoms with Crippen LogP contribution in [0.3, 0.4) is 0 Å². The molecule has 1 fully saturated rings. The highest BCUT2D eigenvalue weighted by atomic mass is 32.1. The fourth-order valence-corrected chi connectivity index (χ4v) is 5.11. The zero-order valence-corrected chi connectivity index (χ0v) is 18.6. The molecule has 0 radical (unpaired) electrons. The van der Waals surface area contributed by atoms with Crippen molar-refractivity contribution in [2.75, 3.05) is 13.6 Å². The highest BCUT2D eigenvalue weighted by Crippen LogP contribution is 2.39. The predicted molar refractivity (Wildman–Crippen MR) is 116 cm³/mol. The Morgan fingerprint density at radius 3 is 2.63 bits per heavy atom. The van der Waals surface area contributed by atoms with Gasteiger partial charge in [-0.1, -0.05) is 41.7 Å². The highest BCUT2D eigenvalue weighted by molar-refractivity contribution is 7.08. The first-order valence-electron chi connectivity index (χ1n) is 10.4. The number of hydrogen-bond acceptors (Lipinski definition) is 6. The van der Waals surface area contributed by atoms with Crippen LogP contribution >= 0.6 is 11.5 Å². The zero-order valence-electron chi connectivity index (χ0n) is 17.8. The van der Waals surface area contributed by atoms with E-state index >= 15 is 0 Å². The Morgan fingerprint density at radius 2 is 1.97 bits per heavy atom. The maximum absolute atomic E-state index is 13.1. The van der Waals surface area contributed by atoms with Gasteiger partial charge in [-0.05, 0) is 49.2 Å². The van der Waals surface area contributed by atoms with E-state index in [9.17, 15) is 14.7 Å². The predicted octanol–water partition coefficient (Wildman–Crippen LogP) is 2.55. The van der Waals surface area contributed by atoms with Crippen molar-refractivity contribution in [3.8, 4) is 0 Å². The third-order valence-electron chi connectivity index (χ3n) is 6.25. The molecule has 1 saturated carbocycles. The fraction of sp³-hybridized carbons (Fsp3) is 0.545. The third-order valence-corrected chi connectivity index (χ3v) is 7.00. The van der Waals surface area contributed by atoms with Crippen LogP contribution in [0, 0.1) is 0 Å². The van der Waals surface area contributed by atoms with Crippen molar-refractivity contribution in [3.63, 3.8) is 0 Å². The molecule has 162 valence electrons. The number of amides is 2. The summed E-state index contributed by atoms with van der Waals surface area (Å²) in [6, 6.07) is 9.85. The average molecular weight is 431 g/mol. The van der Waals surface area contributed by atoms with E-state index in [4.69, 9.17) is 0 Å². The molecule has 0 aliphatic heterocycles. The summed E-state index contributed by atoms with van der Waals surface area (Å²) >= 11 is 1.11. The summed E-state index contributed by atoms with van der Waals surface area (Å²) < 4.78 is 3.92. The van der Waals surface area contributed by atoms with E-state index in [1.54, 1.807) is 11.9 Å². The van der Waals surface area contributed by atoms with Gasteiger partial charge in [0.05, 0.1) is 17.8 Å². The largest absolute Gasteiger partial charge is 0.391 e. The Kier molecular flexibility index (Phi) is 7.20. The number of nitrogens with one attached hydrogen (secondary N) is 1. The van der Waals surface area contributed by atoms with E-state index in [0.717, 1.165) is 29.9 Å². The van der Waals surface area contributed by atoms with Gasteiger partial charge in [0, 0.05) is 25.9 Å². The van der Waals surface area contributed by atoms with Gasteiger partial charge in [-0.2, -0.15) is 0 Å². The number of nitrogens with zero attached hydrogens (tertiary/aromatic N) is 3. The first-order valence-corrected chi connectivity index (χ1v) is 11.2. The summed E-state index contributed by atoms with van der Waals surface area (Å²) in [4.78, 5) is 26.9. The molecular weight excluding hydrogens is 400 g/mol. The minimum atomic E-state index is -0.632. The number of rotatable bonds is 6. The van der Waals surface area contributed by atoms with Crippen LogP contribution < -0.4 is 5.32 Å². The summed E-state index contributed by atoms with van der Waals surface area (Å²) in [6.07, 6.45) is 2.71. The average Bonchev–Trinajstić information content (AvgIpc) is 3.17. The number of carbonyl (C=O) groups excluding carboxylic acids is 2. The van der Waals surface area contributed by atoms with Crippen LogP contribution in [0.1, 0.15) is 60.5 Å². The molecule has 1 aliphatic carbocycles. The van der Waals surface area contributed by atoms with Gasteiger partial charge < -0.3 is 15.3 Å². The Hall–Kier alpha value is -2.32. The lowest BCUT2D eigenvalue weighted by Gasteiger charge is -2.34. The van der Waals surface area contributed by atoms with Crippen LogP contribution in [-0.2, 0) is 16.6 Å². The van der Waals surface area contributed by atoms with E-state index < -0.39 is 6.10 Å². The number of hydrogen-bond donors (Lipinski definition) is 2. The van der Waals surface area contributed by atoms with Crippen LogP contribution in [0.25, 0.3) is 0 Å². The molecule has 0 unspecified atom stereocenters. The minimum absolute atomic E-state index is 0.0660. The van der Waals surface area contributed by atoms with Gasteiger partial charge in [-0.25, -0.2) is 0 Å². The van der Waals surface area contributed by atoms with Gasteiger partial charge in [-0.3, -0.25) is 9.59 Å². The minimum Gasteiger partial charge on any atom is -0.391 e. The molecule has 0 bridgehead atoms. The standard InChI is InChI=1S/C22H30N4O3S/c1-4-17-20(30-25-24-17)21(29)26(3)18-10-12-22(13-11-19(18)28,14-23-15(2)27)16-8-6-5-7-9-16/h5-9,18-19,28H,4,10-14H2,1-3H3,(H,23,27)/t18-,19-,22-/m1/s1. The summed E-state index contributed by atoms with van der Waals surface area (Å²) in [5.74, 6) is -0.205. The highest BCUT2D eigenvalue weighted by Gasteiger charge is 2.40. The molecule has 8 heteroatoms. The molecule has 7 nitrogen and oxygen atoms in total. The van der Waals surface area contributed by atoms with Crippen molar-refractivity contribution in [2.24, 2.45) is 0 Å². The molecule has 0 saturated heterocycles. The van der Waals surface area contributed by atoms with Crippen molar-refractivity contribution in [1.29, 1.82) is 0 Å². The van der Waals surface area contributed by atoms with Gasteiger partial charge in [0.1, 0.15) is 4.88 Å². The SMILES string of the molecule is CCc1nnsc1C(=O)N(C)[C@@H]1CC[C@@](CNC(C)=O)(c2ccccc2)CC[C@H]1O. The second kappa shape index (κ2) is 9.66. The van der Waals surface area contributed by atoms with Crippen LogP contribution in [0.2, 0.25) is 0 Å². The topological polar surface area (TPSA) is 95.4 Å². The third kappa shape index (κ3) is 4.70. The quantitative estimate of drug-likeness (QED) is 0.687. The summed E-state index contributed by atoms with van der Waals surface area (Å²) in [5.41, 5.74) is 1.58. The molecule has 1 aromatic carbocycles. The molecule has 2 N–H and O–H groups in total. The molecule has 30 heavy (non-hydrogen) atoms. The van der Waals surface area contributed by atoms with Gasteiger partial charge >= 0.3 is 0 Å². The maximum atomic E-state index is 13.1. The monoisotopic (exact) mass is 430 g/mol. The number of carbonyl (C=O) groups is 2. The van der Waals surface area contributed by atoms with E-state index in [2.05, 4.69) is 27.0 Å². The molecule has 3 atom stereocenters. The van der Waals surface area contributed by atoms with Gasteiger partial charge in [0.25, 0.3) is 5.91 Å². The number of likely N-dealkylation sites (N-methyl/N-ethyl adjacent to an activating group) is 1. The van der Waals surface area contributed by atoms with Gasteiger partial charge in [0.2, 0.25) is 5.91 Å². The molecule has 0 spiro atoms. The summed E-state index contributed by atoms with van der Waals surface area (Å²) in [7, 11) is 1.75. The molecule has 2 aromatic rings. The summed E-state index contributed by atoms with van der Waals surface area (Å²) in [5, 5.41) is 18.0. The number of aliphatic hydroxyl groups excluding tert-OH is 1. The van der Waals surface area contributed by atoms with E-state index in [-0.39, 0.29) is 23.3 Å². The molecule has 1 aromatic heterocycles. The molecular formula is C22H30N4O3S. The lowest BCUT2D eigenvalue weighted by Crippen LogP contribution is -2.44. The molecule has 3 rings (SSSR count). The Morgan fingerprint density at radius 1 is 1.27 bits per heavy atom. The zero-order chi connectivity index (χ0) is 21.7. The second-order valence-electron chi connectivity index (χ2n) is 8.09. The first kappa shape index (κ1) is 22.4. The van der Waals surface area contributed by atoms with E-state index in [1.165, 1.54) is 6.92 Å². The Labute approximate surface area is 181 Å². The van der Waals surface area contributed by atoms with Crippen LogP contribution in [0.4, 0.5) is 0 Å². The van der Waals surface area contributed by atoms with Crippen molar-refractivity contribution in [1.82, 2.24) is 19.8 Å². The Balaban J connectivity index is 1.83. The normalized spacial score (nSPS) is 24.1. The molecule has 1 heterocycles. The van der Waals surface area contributed by atoms with Crippen LogP contribution in [0.5, 0.6) is 0 Å². The molecule has 2 amide bonds. The lowest BCUT2D eigenvalue weighted by atomic mass is 9.74.